The average molecular weight is 206 g/mol. The first-order valence-electron chi connectivity index (χ1n) is 5.81. The lowest BCUT2D eigenvalue weighted by Gasteiger charge is -2.21. The molecule has 0 amide bonds. The van der Waals surface area contributed by atoms with Gasteiger partial charge in [0.05, 0.1) is 0 Å². The highest BCUT2D eigenvalue weighted by molar-refractivity contribution is 5.26. The minimum absolute atomic E-state index is 0.639. The molecule has 1 aromatic rings. The Morgan fingerprint density at radius 1 is 1.13 bits per heavy atom. The summed E-state index contributed by atoms with van der Waals surface area (Å²) in [6.07, 6.45) is 1.21. The summed E-state index contributed by atoms with van der Waals surface area (Å²) in [6, 6.07) is 8.45. The maximum atomic E-state index is 5.72. The highest BCUT2D eigenvalue weighted by Gasteiger charge is 2.05. The molecule has 2 heteroatoms. The van der Waals surface area contributed by atoms with Crippen molar-refractivity contribution in [3.63, 3.8) is 0 Å². The molecule has 0 saturated heterocycles. The van der Waals surface area contributed by atoms with E-state index in [2.05, 4.69) is 43.0 Å². The van der Waals surface area contributed by atoms with Gasteiger partial charge >= 0.3 is 0 Å². The van der Waals surface area contributed by atoms with Crippen LogP contribution in [-0.4, -0.2) is 18.0 Å². The van der Waals surface area contributed by atoms with Crippen LogP contribution in [0.1, 0.15) is 31.4 Å². The Balaban J connectivity index is 2.69. The molecule has 0 aliphatic rings. The van der Waals surface area contributed by atoms with Crippen LogP contribution in [0.3, 0.4) is 0 Å². The van der Waals surface area contributed by atoms with Crippen LogP contribution < -0.4 is 5.73 Å². The highest BCUT2D eigenvalue weighted by Crippen LogP contribution is 2.11. The van der Waals surface area contributed by atoms with E-state index >= 15 is 0 Å². The fourth-order valence-corrected chi connectivity index (χ4v) is 1.82. The third-order valence-corrected chi connectivity index (χ3v) is 2.72. The second-order valence-electron chi connectivity index (χ2n) is 3.84. The van der Waals surface area contributed by atoms with Gasteiger partial charge in [0.15, 0.2) is 0 Å². The number of hydrogen-bond acceptors (Lipinski definition) is 2. The Labute approximate surface area is 93.1 Å². The molecule has 2 N–H and O–H groups in total. The number of nitrogens with zero attached hydrogens (tertiary/aromatic N) is 1. The molecule has 0 radical (unpaired) electrons. The molecule has 0 fully saturated rings. The van der Waals surface area contributed by atoms with E-state index in [9.17, 15) is 0 Å². The molecule has 1 rings (SSSR count). The van der Waals surface area contributed by atoms with Gasteiger partial charge in [0.25, 0.3) is 0 Å². The van der Waals surface area contributed by atoms with Crippen molar-refractivity contribution in [2.75, 3.05) is 13.1 Å². The molecule has 0 aliphatic carbocycles. The summed E-state index contributed by atoms with van der Waals surface area (Å²) in [5.74, 6) is 0. The zero-order valence-corrected chi connectivity index (χ0v) is 9.87. The van der Waals surface area contributed by atoms with Crippen molar-refractivity contribution in [3.8, 4) is 0 Å². The SMILES string of the molecule is CCCN(CC)Cc1ccccc1CN. The third kappa shape index (κ3) is 3.65. The molecule has 0 heterocycles. The Hall–Kier alpha value is -0.860. The van der Waals surface area contributed by atoms with Gasteiger partial charge < -0.3 is 5.73 Å². The molecular weight excluding hydrogens is 184 g/mol. The van der Waals surface area contributed by atoms with Gasteiger partial charge in [-0.1, -0.05) is 38.1 Å². The molecule has 0 spiro atoms. The highest BCUT2D eigenvalue weighted by atomic mass is 15.1. The normalized spacial score (nSPS) is 10.9. The standard InChI is InChI=1S/C13H22N2/c1-3-9-15(4-2)11-13-8-6-5-7-12(13)10-14/h5-8H,3-4,9-11,14H2,1-2H3. The van der Waals surface area contributed by atoms with Crippen molar-refractivity contribution in [1.29, 1.82) is 0 Å². The van der Waals surface area contributed by atoms with Gasteiger partial charge in [-0.3, -0.25) is 4.90 Å². The lowest BCUT2D eigenvalue weighted by Crippen LogP contribution is -2.24. The van der Waals surface area contributed by atoms with E-state index in [0.717, 1.165) is 19.6 Å². The molecule has 0 aromatic heterocycles. The van der Waals surface area contributed by atoms with Gasteiger partial charge in [0.2, 0.25) is 0 Å². The van der Waals surface area contributed by atoms with Crippen LogP contribution in [0.25, 0.3) is 0 Å². The zero-order chi connectivity index (χ0) is 11.1. The van der Waals surface area contributed by atoms with Gasteiger partial charge in [-0.05, 0) is 30.6 Å². The van der Waals surface area contributed by atoms with Crippen molar-refractivity contribution in [1.82, 2.24) is 4.90 Å². The molecule has 84 valence electrons. The lowest BCUT2D eigenvalue weighted by atomic mass is 10.1. The van der Waals surface area contributed by atoms with Gasteiger partial charge in [-0.15, -0.1) is 0 Å². The Morgan fingerprint density at radius 3 is 2.33 bits per heavy atom. The summed E-state index contributed by atoms with van der Waals surface area (Å²) in [6.45, 7) is 8.36. The second kappa shape index (κ2) is 6.59. The lowest BCUT2D eigenvalue weighted by molar-refractivity contribution is 0.280. The van der Waals surface area contributed by atoms with Crippen molar-refractivity contribution >= 4 is 0 Å². The van der Waals surface area contributed by atoms with Crippen LogP contribution in [0, 0.1) is 0 Å². The molecule has 0 atom stereocenters. The first-order valence-corrected chi connectivity index (χ1v) is 5.81. The van der Waals surface area contributed by atoms with E-state index < -0.39 is 0 Å². The fraction of sp³-hybridized carbons (Fsp3) is 0.538. The first-order chi connectivity index (χ1) is 7.31. The van der Waals surface area contributed by atoms with E-state index in [1.165, 1.54) is 17.5 Å². The Morgan fingerprint density at radius 2 is 1.80 bits per heavy atom. The summed E-state index contributed by atoms with van der Waals surface area (Å²) in [4.78, 5) is 2.45. The maximum Gasteiger partial charge on any atom is 0.0236 e. The van der Waals surface area contributed by atoms with Gasteiger partial charge in [0.1, 0.15) is 0 Å². The maximum absolute atomic E-state index is 5.72. The largest absolute Gasteiger partial charge is 0.326 e. The summed E-state index contributed by atoms with van der Waals surface area (Å²) in [7, 11) is 0. The molecule has 0 bridgehead atoms. The van der Waals surface area contributed by atoms with Gasteiger partial charge in [0, 0.05) is 13.1 Å². The predicted molar refractivity (Wildman–Crippen MR) is 65.6 cm³/mol. The van der Waals surface area contributed by atoms with Crippen molar-refractivity contribution < 1.29 is 0 Å². The molecule has 15 heavy (non-hydrogen) atoms. The van der Waals surface area contributed by atoms with E-state index in [4.69, 9.17) is 5.73 Å². The summed E-state index contributed by atoms with van der Waals surface area (Å²) in [5.41, 5.74) is 8.36. The van der Waals surface area contributed by atoms with Gasteiger partial charge in [-0.25, -0.2) is 0 Å². The number of rotatable bonds is 6. The van der Waals surface area contributed by atoms with E-state index in [1.54, 1.807) is 0 Å². The van der Waals surface area contributed by atoms with Crippen LogP contribution in [0.15, 0.2) is 24.3 Å². The molecule has 0 aliphatic heterocycles. The van der Waals surface area contributed by atoms with Crippen molar-refractivity contribution in [3.05, 3.63) is 35.4 Å². The third-order valence-electron chi connectivity index (χ3n) is 2.72. The minimum atomic E-state index is 0.639. The average Bonchev–Trinajstić information content (AvgIpc) is 2.29. The smallest absolute Gasteiger partial charge is 0.0236 e. The topological polar surface area (TPSA) is 29.3 Å². The number of nitrogens with two attached hydrogens (primary N) is 1. The van der Waals surface area contributed by atoms with Gasteiger partial charge in [-0.2, -0.15) is 0 Å². The zero-order valence-electron chi connectivity index (χ0n) is 9.87. The first kappa shape index (κ1) is 12.2. The molecule has 0 saturated carbocycles. The van der Waals surface area contributed by atoms with Crippen molar-refractivity contribution in [2.24, 2.45) is 5.73 Å². The predicted octanol–water partition coefficient (Wildman–Crippen LogP) is 2.38. The van der Waals surface area contributed by atoms with Crippen LogP contribution in [0.4, 0.5) is 0 Å². The Kier molecular flexibility index (Phi) is 5.37. The second-order valence-corrected chi connectivity index (χ2v) is 3.84. The molecule has 1 aromatic carbocycles. The van der Waals surface area contributed by atoms with E-state index in [-0.39, 0.29) is 0 Å². The summed E-state index contributed by atoms with van der Waals surface area (Å²) in [5, 5.41) is 0. The van der Waals surface area contributed by atoms with E-state index in [0.29, 0.717) is 6.54 Å². The molecule has 2 nitrogen and oxygen atoms in total. The quantitative estimate of drug-likeness (QED) is 0.774. The molecular formula is C13H22N2. The summed E-state index contributed by atoms with van der Waals surface area (Å²) < 4.78 is 0. The fourth-order valence-electron chi connectivity index (χ4n) is 1.82. The monoisotopic (exact) mass is 206 g/mol. The summed E-state index contributed by atoms with van der Waals surface area (Å²) >= 11 is 0. The van der Waals surface area contributed by atoms with E-state index in [1.807, 2.05) is 0 Å². The van der Waals surface area contributed by atoms with Crippen LogP contribution in [-0.2, 0) is 13.1 Å². The van der Waals surface area contributed by atoms with Crippen LogP contribution in [0.2, 0.25) is 0 Å². The van der Waals surface area contributed by atoms with Crippen LogP contribution >= 0.6 is 0 Å². The van der Waals surface area contributed by atoms with Crippen LogP contribution in [0.5, 0.6) is 0 Å². The van der Waals surface area contributed by atoms with Crippen molar-refractivity contribution in [2.45, 2.75) is 33.4 Å². The minimum Gasteiger partial charge on any atom is -0.326 e. The number of benzene rings is 1. The molecule has 0 unspecified atom stereocenters. The number of hydrogen-bond donors (Lipinski definition) is 1. The Bertz CT molecular complexity index is 284.